The molecule has 0 aliphatic heterocycles. The number of thioether (sulfide) groups is 1. The van der Waals surface area contributed by atoms with Crippen molar-refractivity contribution >= 4 is 23.6 Å². The van der Waals surface area contributed by atoms with Gasteiger partial charge in [-0.15, -0.1) is 11.8 Å². The summed E-state index contributed by atoms with van der Waals surface area (Å²) in [7, 11) is 0. The predicted molar refractivity (Wildman–Crippen MR) is 103 cm³/mol. The smallest absolute Gasteiger partial charge is 0.341 e. The quantitative estimate of drug-likeness (QED) is 0.702. The Labute approximate surface area is 157 Å². The van der Waals surface area contributed by atoms with Gasteiger partial charge in [-0.05, 0) is 37.1 Å². The fourth-order valence-corrected chi connectivity index (χ4v) is 3.14. The second-order valence-corrected chi connectivity index (χ2v) is 7.25. The summed E-state index contributed by atoms with van der Waals surface area (Å²) in [4.78, 5) is 22.9. The van der Waals surface area contributed by atoms with Gasteiger partial charge in [0.2, 0.25) is 5.91 Å². The van der Waals surface area contributed by atoms with Crippen molar-refractivity contribution in [3.63, 3.8) is 0 Å². The number of carbonyl (C=O) groups excluding carboxylic acids is 1. The number of benzene rings is 2. The van der Waals surface area contributed by atoms with Gasteiger partial charge in [-0.2, -0.15) is 0 Å². The van der Waals surface area contributed by atoms with Crippen LogP contribution >= 0.6 is 11.8 Å². The number of amides is 1. The maximum atomic E-state index is 12.4. The van der Waals surface area contributed by atoms with Crippen molar-refractivity contribution in [3.8, 4) is 5.75 Å². The molecule has 5 nitrogen and oxygen atoms in total. The average molecular weight is 373 g/mol. The van der Waals surface area contributed by atoms with E-state index >= 15 is 0 Å². The Morgan fingerprint density at radius 3 is 2.35 bits per heavy atom. The Morgan fingerprint density at radius 2 is 1.73 bits per heavy atom. The molecule has 0 heterocycles. The summed E-state index contributed by atoms with van der Waals surface area (Å²) >= 11 is 1.60. The van der Waals surface area contributed by atoms with Crippen molar-refractivity contribution in [2.75, 3.05) is 6.61 Å². The van der Waals surface area contributed by atoms with Crippen LogP contribution in [0.1, 0.15) is 31.0 Å². The molecule has 0 radical (unpaired) electrons. The number of hydrogen-bond donors (Lipinski definition) is 2. The van der Waals surface area contributed by atoms with Crippen molar-refractivity contribution in [1.29, 1.82) is 0 Å². The van der Waals surface area contributed by atoms with Gasteiger partial charge in [0.05, 0.1) is 11.3 Å². The molecular weight excluding hydrogens is 350 g/mol. The standard InChI is InChI=1S/C20H23NO4S/c1-14(17-8-10-18(11-9-17)25-12-19(22)23)21-20(24)15(2)26-13-16-6-4-3-5-7-16/h3-11,14-15H,12-13H2,1-2H3,(H,21,24)(H,22,23). The summed E-state index contributed by atoms with van der Waals surface area (Å²) in [5, 5.41) is 11.5. The third-order valence-electron chi connectivity index (χ3n) is 3.81. The van der Waals surface area contributed by atoms with Crippen LogP contribution in [-0.4, -0.2) is 28.8 Å². The monoisotopic (exact) mass is 373 g/mol. The molecule has 2 aromatic rings. The summed E-state index contributed by atoms with van der Waals surface area (Å²) in [6.45, 7) is 3.44. The first-order chi connectivity index (χ1) is 12.5. The predicted octanol–water partition coefficient (Wildman–Crippen LogP) is 3.65. The largest absolute Gasteiger partial charge is 0.482 e. The van der Waals surface area contributed by atoms with Crippen molar-refractivity contribution in [2.24, 2.45) is 0 Å². The van der Waals surface area contributed by atoms with E-state index in [4.69, 9.17) is 9.84 Å². The van der Waals surface area contributed by atoms with Crippen LogP contribution in [0.3, 0.4) is 0 Å². The molecule has 2 unspecified atom stereocenters. The molecular formula is C20H23NO4S. The van der Waals surface area contributed by atoms with Crippen molar-refractivity contribution in [2.45, 2.75) is 30.9 Å². The molecule has 0 aliphatic carbocycles. The first kappa shape index (κ1) is 19.8. The fourth-order valence-electron chi connectivity index (χ4n) is 2.28. The zero-order chi connectivity index (χ0) is 18.9. The molecule has 0 fully saturated rings. The van der Waals surface area contributed by atoms with Gasteiger partial charge in [-0.25, -0.2) is 4.79 Å². The van der Waals surface area contributed by atoms with E-state index in [1.54, 1.807) is 23.9 Å². The highest BCUT2D eigenvalue weighted by atomic mass is 32.2. The van der Waals surface area contributed by atoms with Gasteiger partial charge in [0.1, 0.15) is 5.75 Å². The van der Waals surface area contributed by atoms with Crippen LogP contribution in [0, 0.1) is 0 Å². The number of ether oxygens (including phenoxy) is 1. The third kappa shape index (κ3) is 6.44. The van der Waals surface area contributed by atoms with Crippen LogP contribution in [-0.2, 0) is 15.3 Å². The van der Waals surface area contributed by atoms with Crippen LogP contribution in [0.25, 0.3) is 0 Å². The van der Waals surface area contributed by atoms with Crippen molar-refractivity contribution < 1.29 is 19.4 Å². The summed E-state index contributed by atoms with van der Waals surface area (Å²) in [5.74, 6) is 0.252. The number of carbonyl (C=O) groups is 2. The van der Waals surface area contributed by atoms with E-state index < -0.39 is 5.97 Å². The minimum Gasteiger partial charge on any atom is -0.482 e. The molecule has 26 heavy (non-hydrogen) atoms. The van der Waals surface area contributed by atoms with Gasteiger partial charge in [0, 0.05) is 5.75 Å². The highest BCUT2D eigenvalue weighted by molar-refractivity contribution is 7.99. The Morgan fingerprint density at radius 1 is 1.08 bits per heavy atom. The Bertz CT molecular complexity index is 718. The lowest BCUT2D eigenvalue weighted by atomic mass is 10.1. The van der Waals surface area contributed by atoms with Crippen LogP contribution in [0.15, 0.2) is 54.6 Å². The minimum absolute atomic E-state index is 0.00960. The summed E-state index contributed by atoms with van der Waals surface area (Å²) in [6.07, 6.45) is 0. The highest BCUT2D eigenvalue weighted by Gasteiger charge is 2.16. The Kier molecular flexibility index (Phi) is 7.53. The number of rotatable bonds is 9. The Hall–Kier alpha value is -2.47. The molecule has 0 saturated heterocycles. The third-order valence-corrected chi connectivity index (χ3v) is 5.03. The average Bonchev–Trinajstić information content (AvgIpc) is 2.65. The van der Waals surface area contributed by atoms with Gasteiger partial charge < -0.3 is 15.2 Å². The van der Waals surface area contributed by atoms with E-state index in [9.17, 15) is 9.59 Å². The molecule has 0 aliphatic rings. The molecule has 2 N–H and O–H groups in total. The van der Waals surface area contributed by atoms with Gasteiger partial charge in [0.25, 0.3) is 0 Å². The second-order valence-electron chi connectivity index (χ2n) is 5.92. The molecule has 0 aromatic heterocycles. The lowest BCUT2D eigenvalue weighted by molar-refractivity contribution is -0.139. The van der Waals surface area contributed by atoms with Crippen LogP contribution in [0.4, 0.5) is 0 Å². The SMILES string of the molecule is CC(SCc1ccccc1)C(=O)NC(C)c1ccc(OCC(=O)O)cc1. The van der Waals surface area contributed by atoms with Gasteiger partial charge in [-0.3, -0.25) is 4.79 Å². The molecule has 0 spiro atoms. The van der Waals surface area contributed by atoms with E-state index in [1.807, 2.05) is 56.3 Å². The zero-order valence-electron chi connectivity index (χ0n) is 14.8. The van der Waals surface area contributed by atoms with Gasteiger partial charge in [0.15, 0.2) is 6.61 Å². The molecule has 2 atom stereocenters. The lowest BCUT2D eigenvalue weighted by Crippen LogP contribution is -2.33. The van der Waals surface area contributed by atoms with Crippen LogP contribution in [0.2, 0.25) is 0 Å². The fraction of sp³-hybridized carbons (Fsp3) is 0.300. The number of carboxylic acid groups (broad SMARTS) is 1. The first-order valence-corrected chi connectivity index (χ1v) is 9.41. The van der Waals surface area contributed by atoms with Crippen molar-refractivity contribution in [1.82, 2.24) is 5.32 Å². The van der Waals surface area contributed by atoms with E-state index in [2.05, 4.69) is 5.32 Å². The zero-order valence-corrected chi connectivity index (χ0v) is 15.7. The number of hydrogen-bond acceptors (Lipinski definition) is 4. The lowest BCUT2D eigenvalue weighted by Gasteiger charge is -2.18. The summed E-state index contributed by atoms with van der Waals surface area (Å²) in [6, 6.07) is 17.0. The molecule has 6 heteroatoms. The summed E-state index contributed by atoms with van der Waals surface area (Å²) < 4.78 is 5.11. The molecule has 0 saturated carbocycles. The van der Waals surface area contributed by atoms with Crippen LogP contribution < -0.4 is 10.1 Å². The number of nitrogens with one attached hydrogen (secondary N) is 1. The molecule has 2 aromatic carbocycles. The number of carboxylic acids is 1. The van der Waals surface area contributed by atoms with E-state index in [0.717, 1.165) is 11.3 Å². The number of aliphatic carboxylic acids is 1. The first-order valence-electron chi connectivity index (χ1n) is 8.36. The Balaban J connectivity index is 1.82. The van der Waals surface area contributed by atoms with E-state index in [0.29, 0.717) is 5.75 Å². The summed E-state index contributed by atoms with van der Waals surface area (Å²) in [5.41, 5.74) is 2.13. The van der Waals surface area contributed by atoms with Crippen LogP contribution in [0.5, 0.6) is 5.75 Å². The second kappa shape index (κ2) is 9.87. The maximum Gasteiger partial charge on any atom is 0.341 e. The molecule has 1 amide bonds. The topological polar surface area (TPSA) is 75.6 Å². The normalized spacial score (nSPS) is 12.8. The van der Waals surface area contributed by atoms with E-state index in [1.165, 1.54) is 5.56 Å². The molecule has 138 valence electrons. The highest BCUT2D eigenvalue weighted by Crippen LogP contribution is 2.21. The maximum absolute atomic E-state index is 12.4. The minimum atomic E-state index is -1.02. The molecule has 0 bridgehead atoms. The molecule has 2 rings (SSSR count). The van der Waals surface area contributed by atoms with Crippen molar-refractivity contribution in [3.05, 3.63) is 65.7 Å². The van der Waals surface area contributed by atoms with E-state index in [-0.39, 0.29) is 23.8 Å². The van der Waals surface area contributed by atoms with Gasteiger partial charge in [-0.1, -0.05) is 42.5 Å². The van der Waals surface area contributed by atoms with Gasteiger partial charge >= 0.3 is 5.97 Å².